The Bertz CT molecular complexity index is 1070. The zero-order valence-corrected chi connectivity index (χ0v) is 17.1. The molecule has 148 valence electrons. The minimum Gasteiger partial charge on any atom is -0.497 e. The van der Waals surface area contributed by atoms with E-state index in [4.69, 9.17) is 9.47 Å². The third-order valence-corrected chi connectivity index (χ3v) is 6.37. The number of hydrogen-bond donors (Lipinski definition) is 0. The van der Waals surface area contributed by atoms with Crippen molar-refractivity contribution in [2.75, 3.05) is 25.1 Å². The minimum atomic E-state index is -3.88. The van der Waals surface area contributed by atoms with Crippen LogP contribution in [0, 0.1) is 0 Å². The molecule has 0 aliphatic heterocycles. The number of nitrogens with zero attached hydrogens (tertiary/aromatic N) is 2. The van der Waals surface area contributed by atoms with Gasteiger partial charge in [0.15, 0.2) is 0 Å². The molecule has 0 bridgehead atoms. The molecule has 0 aliphatic rings. The van der Waals surface area contributed by atoms with Gasteiger partial charge in [0.05, 0.1) is 31.6 Å². The molecule has 3 rings (SSSR count). The van der Waals surface area contributed by atoms with Gasteiger partial charge in [-0.25, -0.2) is 8.42 Å². The number of ether oxygens (including phenoxy) is 2. The molecule has 3 aromatic rings. The van der Waals surface area contributed by atoms with Crippen LogP contribution in [-0.2, 0) is 10.0 Å². The van der Waals surface area contributed by atoms with Crippen LogP contribution in [-0.4, -0.2) is 34.2 Å². The fraction of sp³-hybridized carbons (Fsp3) is 0.286. The average molecular weight is 401 g/mol. The van der Waals surface area contributed by atoms with Crippen LogP contribution < -0.4 is 13.8 Å². The minimum absolute atomic E-state index is 0.0682. The van der Waals surface area contributed by atoms with Gasteiger partial charge in [-0.1, -0.05) is 31.5 Å². The van der Waals surface area contributed by atoms with Gasteiger partial charge in [0.2, 0.25) is 0 Å². The Morgan fingerprint density at radius 2 is 1.82 bits per heavy atom. The first kappa shape index (κ1) is 19.9. The molecule has 6 nitrogen and oxygen atoms in total. The van der Waals surface area contributed by atoms with Gasteiger partial charge < -0.3 is 9.47 Å². The first-order valence-corrected chi connectivity index (χ1v) is 10.5. The maximum absolute atomic E-state index is 13.6. The molecule has 0 unspecified atom stereocenters. The summed E-state index contributed by atoms with van der Waals surface area (Å²) in [6, 6.07) is 14.2. The number of aromatic nitrogens is 1. The van der Waals surface area contributed by atoms with E-state index in [-0.39, 0.29) is 10.6 Å². The van der Waals surface area contributed by atoms with Gasteiger partial charge >= 0.3 is 0 Å². The normalized spacial score (nSPS) is 11.4. The summed E-state index contributed by atoms with van der Waals surface area (Å²) in [6.07, 6.45) is 3.18. The fourth-order valence-corrected chi connectivity index (χ4v) is 4.64. The molecule has 0 atom stereocenters. The molecule has 7 heteroatoms. The van der Waals surface area contributed by atoms with Gasteiger partial charge in [0.1, 0.15) is 16.4 Å². The first-order valence-electron chi connectivity index (χ1n) is 9.10. The van der Waals surface area contributed by atoms with E-state index in [0.29, 0.717) is 18.0 Å². The largest absolute Gasteiger partial charge is 0.497 e. The van der Waals surface area contributed by atoms with Crippen molar-refractivity contribution in [3.05, 3.63) is 54.7 Å². The van der Waals surface area contributed by atoms with Crippen molar-refractivity contribution in [3.63, 3.8) is 0 Å². The Morgan fingerprint density at radius 3 is 2.54 bits per heavy atom. The summed E-state index contributed by atoms with van der Waals surface area (Å²) in [5, 5.41) is 0.884. The maximum atomic E-state index is 13.6. The number of rotatable bonds is 8. The van der Waals surface area contributed by atoms with E-state index in [2.05, 4.69) is 4.98 Å². The third-order valence-electron chi connectivity index (χ3n) is 4.52. The number of unbranched alkanes of at least 4 members (excludes halogenated alkanes) is 1. The van der Waals surface area contributed by atoms with Crippen molar-refractivity contribution in [2.45, 2.75) is 24.7 Å². The van der Waals surface area contributed by atoms with Crippen molar-refractivity contribution in [1.29, 1.82) is 0 Å². The van der Waals surface area contributed by atoms with Crippen LogP contribution in [0.4, 0.5) is 5.69 Å². The van der Waals surface area contributed by atoms with E-state index in [0.717, 1.165) is 23.7 Å². The van der Waals surface area contributed by atoms with E-state index in [1.807, 2.05) is 37.3 Å². The summed E-state index contributed by atoms with van der Waals surface area (Å²) >= 11 is 0. The number of sulfonamides is 1. The predicted octanol–water partition coefficient (Wildman–Crippen LogP) is 4.25. The summed E-state index contributed by atoms with van der Waals surface area (Å²) in [5.74, 6) is 0.725. The lowest BCUT2D eigenvalue weighted by atomic mass is 10.2. The number of para-hydroxylation sites is 1. The Balaban J connectivity index is 2.14. The molecular weight excluding hydrogens is 376 g/mol. The lowest BCUT2D eigenvalue weighted by molar-refractivity contribution is 0.392. The fourth-order valence-electron chi connectivity index (χ4n) is 2.99. The zero-order valence-electron chi connectivity index (χ0n) is 16.3. The van der Waals surface area contributed by atoms with Crippen LogP contribution in [0.1, 0.15) is 19.8 Å². The summed E-state index contributed by atoms with van der Waals surface area (Å²) in [6.45, 7) is 2.37. The number of fused-ring (bicyclic) bond motifs is 1. The Hall–Kier alpha value is -2.80. The molecule has 2 aromatic carbocycles. The summed E-state index contributed by atoms with van der Waals surface area (Å²) < 4.78 is 39.1. The van der Waals surface area contributed by atoms with E-state index in [9.17, 15) is 8.42 Å². The van der Waals surface area contributed by atoms with Crippen LogP contribution >= 0.6 is 0 Å². The molecule has 0 spiro atoms. The Morgan fingerprint density at radius 1 is 1.04 bits per heavy atom. The number of anilines is 1. The SMILES string of the molecule is CCCCN(c1cnc2ccccc2c1)S(=O)(=O)c1cc(OC)ccc1OC. The predicted molar refractivity (Wildman–Crippen MR) is 111 cm³/mol. The van der Waals surface area contributed by atoms with Gasteiger partial charge in [-0.05, 0) is 30.7 Å². The van der Waals surface area contributed by atoms with Crippen molar-refractivity contribution in [1.82, 2.24) is 4.98 Å². The second-order valence-electron chi connectivity index (χ2n) is 6.33. The third kappa shape index (κ3) is 3.89. The molecule has 28 heavy (non-hydrogen) atoms. The smallest absolute Gasteiger partial charge is 0.268 e. The van der Waals surface area contributed by atoms with Gasteiger partial charge in [-0.3, -0.25) is 9.29 Å². The molecule has 0 N–H and O–H groups in total. The highest BCUT2D eigenvalue weighted by molar-refractivity contribution is 7.93. The quantitative estimate of drug-likeness (QED) is 0.565. The lowest BCUT2D eigenvalue weighted by Crippen LogP contribution is -2.32. The molecule has 0 saturated heterocycles. The van der Waals surface area contributed by atoms with Crippen LogP contribution in [0.5, 0.6) is 11.5 Å². The van der Waals surface area contributed by atoms with E-state index >= 15 is 0 Å². The molecule has 0 fully saturated rings. The topological polar surface area (TPSA) is 68.7 Å². The molecule has 1 aromatic heterocycles. The first-order chi connectivity index (χ1) is 13.5. The highest BCUT2D eigenvalue weighted by Gasteiger charge is 2.29. The van der Waals surface area contributed by atoms with Crippen LogP contribution in [0.2, 0.25) is 0 Å². The summed E-state index contributed by atoms with van der Waals surface area (Å²) in [5.41, 5.74) is 1.34. The monoisotopic (exact) mass is 400 g/mol. The molecule has 0 amide bonds. The summed E-state index contributed by atoms with van der Waals surface area (Å²) in [7, 11) is -0.929. The van der Waals surface area contributed by atoms with Gasteiger partial charge in [-0.2, -0.15) is 0 Å². The van der Waals surface area contributed by atoms with E-state index in [1.54, 1.807) is 18.3 Å². The maximum Gasteiger partial charge on any atom is 0.268 e. The number of pyridine rings is 1. The highest BCUT2D eigenvalue weighted by atomic mass is 32.2. The van der Waals surface area contributed by atoms with Gasteiger partial charge in [-0.15, -0.1) is 0 Å². The van der Waals surface area contributed by atoms with Crippen molar-refractivity contribution in [3.8, 4) is 11.5 Å². The molecular formula is C21H24N2O4S. The standard InChI is InChI=1S/C21H24N2O4S/c1-4-5-12-23(17-13-16-8-6-7-9-19(16)22-15-17)28(24,25)21-14-18(26-2)10-11-20(21)27-3/h6-11,13-15H,4-5,12H2,1-3H3. The van der Waals surface area contributed by atoms with Crippen molar-refractivity contribution < 1.29 is 17.9 Å². The van der Waals surface area contributed by atoms with Gasteiger partial charge in [0.25, 0.3) is 10.0 Å². The van der Waals surface area contributed by atoms with Crippen molar-refractivity contribution in [2.24, 2.45) is 0 Å². The molecule has 0 aliphatic carbocycles. The average Bonchev–Trinajstić information content (AvgIpc) is 2.73. The Kier molecular flexibility index (Phi) is 6.04. The van der Waals surface area contributed by atoms with Crippen LogP contribution in [0.25, 0.3) is 10.9 Å². The molecule has 0 radical (unpaired) electrons. The number of hydrogen-bond acceptors (Lipinski definition) is 5. The van der Waals surface area contributed by atoms with E-state index < -0.39 is 10.0 Å². The van der Waals surface area contributed by atoms with E-state index in [1.165, 1.54) is 24.6 Å². The molecule has 0 saturated carbocycles. The number of benzene rings is 2. The molecule has 1 heterocycles. The lowest BCUT2D eigenvalue weighted by Gasteiger charge is -2.25. The number of methoxy groups -OCH3 is 2. The van der Waals surface area contributed by atoms with Crippen LogP contribution in [0.3, 0.4) is 0 Å². The van der Waals surface area contributed by atoms with Crippen molar-refractivity contribution >= 4 is 26.6 Å². The van der Waals surface area contributed by atoms with Gasteiger partial charge in [0, 0.05) is 18.0 Å². The summed E-state index contributed by atoms with van der Waals surface area (Å²) in [4.78, 5) is 4.50. The Labute approximate surface area is 165 Å². The zero-order chi connectivity index (χ0) is 20.1. The second kappa shape index (κ2) is 8.48. The second-order valence-corrected chi connectivity index (χ2v) is 8.16. The highest BCUT2D eigenvalue weighted by Crippen LogP contribution is 2.33. The van der Waals surface area contributed by atoms with Crippen LogP contribution in [0.15, 0.2) is 59.6 Å².